The van der Waals surface area contributed by atoms with E-state index in [4.69, 9.17) is 4.42 Å². The number of aryl methyl sites for hydroxylation is 1. The highest BCUT2D eigenvalue weighted by Gasteiger charge is 2.05. The number of rotatable bonds is 3. The zero-order valence-electron chi connectivity index (χ0n) is 11.6. The monoisotopic (exact) mass is 278 g/mol. The lowest BCUT2D eigenvalue weighted by Crippen LogP contribution is -1.98. The van der Waals surface area contributed by atoms with E-state index in [-0.39, 0.29) is 0 Å². The molecular formula is C16H14N4O. The zero-order valence-corrected chi connectivity index (χ0v) is 11.6. The molecule has 4 aromatic rings. The fraction of sp³-hybridized carbons (Fsp3) is 0.125. The molecule has 21 heavy (non-hydrogen) atoms. The molecule has 0 saturated heterocycles. The molecule has 5 heteroatoms. The Bertz CT molecular complexity index is 922. The van der Waals surface area contributed by atoms with Crippen molar-refractivity contribution in [1.29, 1.82) is 0 Å². The van der Waals surface area contributed by atoms with Crippen LogP contribution in [0.25, 0.3) is 22.1 Å². The lowest BCUT2D eigenvalue weighted by atomic mass is 10.2. The lowest BCUT2D eigenvalue weighted by Gasteiger charge is -2.05. The van der Waals surface area contributed by atoms with Gasteiger partial charge in [0, 0.05) is 36.9 Å². The smallest absolute Gasteiger partial charge is 0.192 e. The fourth-order valence-electron chi connectivity index (χ4n) is 2.51. The number of aromatic nitrogens is 3. The molecule has 1 aromatic carbocycles. The number of anilines is 1. The normalized spacial score (nSPS) is 11.3. The van der Waals surface area contributed by atoms with E-state index in [1.54, 1.807) is 6.20 Å². The maximum atomic E-state index is 5.48. The van der Waals surface area contributed by atoms with Gasteiger partial charge in [-0.05, 0) is 35.9 Å². The third-order valence-electron chi connectivity index (χ3n) is 3.51. The van der Waals surface area contributed by atoms with Crippen LogP contribution in [0.1, 0.15) is 11.5 Å². The van der Waals surface area contributed by atoms with Crippen LogP contribution in [0.5, 0.6) is 0 Å². The van der Waals surface area contributed by atoms with Gasteiger partial charge in [0.25, 0.3) is 0 Å². The van der Waals surface area contributed by atoms with Crippen molar-refractivity contribution in [3.05, 3.63) is 54.2 Å². The first kappa shape index (κ1) is 12.0. The van der Waals surface area contributed by atoms with Crippen molar-refractivity contribution in [1.82, 2.24) is 15.0 Å². The molecule has 3 aromatic heterocycles. The van der Waals surface area contributed by atoms with Gasteiger partial charge in [-0.2, -0.15) is 0 Å². The standard InChI is InChI=1S/C16H14N4O/c1-10-20-14-7-12(4-5-15(14)21-10)18-8-11-9-19-16-13(11)3-2-6-17-16/h2-7,9,18H,8H2,1H3,(H,17,19). The predicted octanol–water partition coefficient (Wildman–Crippen LogP) is 3.62. The average molecular weight is 278 g/mol. The van der Waals surface area contributed by atoms with Gasteiger partial charge in [-0.3, -0.25) is 0 Å². The number of fused-ring (bicyclic) bond motifs is 2. The van der Waals surface area contributed by atoms with Gasteiger partial charge in [0.2, 0.25) is 0 Å². The summed E-state index contributed by atoms with van der Waals surface area (Å²) in [6.45, 7) is 2.58. The Labute approximate surface area is 121 Å². The lowest BCUT2D eigenvalue weighted by molar-refractivity contribution is 0.561. The molecular weight excluding hydrogens is 264 g/mol. The quantitative estimate of drug-likeness (QED) is 0.600. The van der Waals surface area contributed by atoms with Gasteiger partial charge < -0.3 is 14.7 Å². The van der Waals surface area contributed by atoms with Gasteiger partial charge in [0.1, 0.15) is 11.2 Å². The summed E-state index contributed by atoms with van der Waals surface area (Å²) >= 11 is 0. The summed E-state index contributed by atoms with van der Waals surface area (Å²) in [5.41, 5.74) is 4.81. The predicted molar refractivity (Wildman–Crippen MR) is 82.2 cm³/mol. The summed E-state index contributed by atoms with van der Waals surface area (Å²) in [6, 6.07) is 9.96. The van der Waals surface area contributed by atoms with E-state index in [0.717, 1.165) is 34.4 Å². The molecule has 0 atom stereocenters. The van der Waals surface area contributed by atoms with Crippen molar-refractivity contribution in [2.75, 3.05) is 5.32 Å². The largest absolute Gasteiger partial charge is 0.441 e. The summed E-state index contributed by atoms with van der Waals surface area (Å²) in [4.78, 5) is 11.8. The summed E-state index contributed by atoms with van der Waals surface area (Å²) < 4.78 is 5.48. The molecule has 0 radical (unpaired) electrons. The molecule has 0 aliphatic rings. The van der Waals surface area contributed by atoms with Crippen LogP contribution in [0.4, 0.5) is 5.69 Å². The topological polar surface area (TPSA) is 66.7 Å². The highest BCUT2D eigenvalue weighted by Crippen LogP contribution is 2.21. The highest BCUT2D eigenvalue weighted by molar-refractivity contribution is 5.80. The van der Waals surface area contributed by atoms with Crippen molar-refractivity contribution in [2.45, 2.75) is 13.5 Å². The molecule has 0 fully saturated rings. The van der Waals surface area contributed by atoms with Crippen molar-refractivity contribution in [2.24, 2.45) is 0 Å². The zero-order chi connectivity index (χ0) is 14.2. The first-order valence-electron chi connectivity index (χ1n) is 6.82. The Hall–Kier alpha value is -2.82. The van der Waals surface area contributed by atoms with E-state index < -0.39 is 0 Å². The van der Waals surface area contributed by atoms with Crippen LogP contribution in [0.15, 0.2) is 47.1 Å². The van der Waals surface area contributed by atoms with Crippen molar-refractivity contribution in [3.63, 3.8) is 0 Å². The molecule has 0 aliphatic heterocycles. The summed E-state index contributed by atoms with van der Waals surface area (Å²) in [5.74, 6) is 0.685. The molecule has 0 bridgehead atoms. The number of nitrogens with one attached hydrogen (secondary N) is 2. The number of benzene rings is 1. The van der Waals surface area contributed by atoms with Crippen LogP contribution >= 0.6 is 0 Å². The van der Waals surface area contributed by atoms with Gasteiger partial charge in [-0.1, -0.05) is 0 Å². The molecule has 0 unspecified atom stereocenters. The van der Waals surface area contributed by atoms with E-state index >= 15 is 0 Å². The number of hydrogen-bond donors (Lipinski definition) is 2. The van der Waals surface area contributed by atoms with Crippen molar-refractivity contribution in [3.8, 4) is 0 Å². The number of oxazole rings is 1. The minimum Gasteiger partial charge on any atom is -0.441 e. The van der Waals surface area contributed by atoms with Crippen molar-refractivity contribution >= 4 is 27.8 Å². The molecule has 104 valence electrons. The van der Waals surface area contributed by atoms with Crippen LogP contribution in [-0.2, 0) is 6.54 Å². The SMILES string of the molecule is Cc1nc2cc(NCc3c[nH]c4ncccc34)ccc2o1. The molecule has 2 N–H and O–H groups in total. The summed E-state index contributed by atoms with van der Waals surface area (Å²) in [7, 11) is 0. The fourth-order valence-corrected chi connectivity index (χ4v) is 2.51. The molecule has 0 saturated carbocycles. The van der Waals surface area contributed by atoms with E-state index in [1.807, 2.05) is 37.4 Å². The Morgan fingerprint density at radius 2 is 2.24 bits per heavy atom. The maximum absolute atomic E-state index is 5.48. The van der Waals surface area contributed by atoms with Crippen LogP contribution in [0.3, 0.4) is 0 Å². The number of H-pyrrole nitrogens is 1. The number of pyridine rings is 1. The Kier molecular flexibility index (Phi) is 2.64. The molecule has 0 spiro atoms. The van der Waals surface area contributed by atoms with Crippen LogP contribution in [0, 0.1) is 6.92 Å². The number of nitrogens with zero attached hydrogens (tertiary/aromatic N) is 2. The minimum atomic E-state index is 0.685. The van der Waals surface area contributed by atoms with E-state index in [2.05, 4.69) is 26.3 Å². The molecule has 0 aliphatic carbocycles. The minimum absolute atomic E-state index is 0.685. The second-order valence-corrected chi connectivity index (χ2v) is 4.98. The van der Waals surface area contributed by atoms with E-state index in [1.165, 1.54) is 5.56 Å². The summed E-state index contributed by atoms with van der Waals surface area (Å²) in [6.07, 6.45) is 3.78. The maximum Gasteiger partial charge on any atom is 0.192 e. The molecule has 3 heterocycles. The Morgan fingerprint density at radius 3 is 3.19 bits per heavy atom. The second kappa shape index (κ2) is 4.63. The first-order chi connectivity index (χ1) is 10.3. The van der Waals surface area contributed by atoms with Crippen LogP contribution < -0.4 is 5.32 Å². The average Bonchev–Trinajstić information content (AvgIpc) is 3.07. The van der Waals surface area contributed by atoms with Gasteiger partial charge in [0.05, 0.1) is 0 Å². The van der Waals surface area contributed by atoms with Gasteiger partial charge in [-0.15, -0.1) is 0 Å². The van der Waals surface area contributed by atoms with Crippen LogP contribution in [0.2, 0.25) is 0 Å². The molecule has 4 rings (SSSR count). The number of hydrogen-bond acceptors (Lipinski definition) is 4. The number of aromatic amines is 1. The molecule has 0 amide bonds. The van der Waals surface area contributed by atoms with Gasteiger partial charge >= 0.3 is 0 Å². The second-order valence-electron chi connectivity index (χ2n) is 4.98. The van der Waals surface area contributed by atoms with Crippen molar-refractivity contribution < 1.29 is 4.42 Å². The Balaban J connectivity index is 1.60. The third kappa shape index (κ3) is 2.12. The molecule has 5 nitrogen and oxygen atoms in total. The summed E-state index contributed by atoms with van der Waals surface area (Å²) in [5, 5.41) is 4.55. The first-order valence-corrected chi connectivity index (χ1v) is 6.82. The third-order valence-corrected chi connectivity index (χ3v) is 3.51. The van der Waals surface area contributed by atoms with Crippen LogP contribution in [-0.4, -0.2) is 15.0 Å². The van der Waals surface area contributed by atoms with E-state index in [9.17, 15) is 0 Å². The van der Waals surface area contributed by atoms with Gasteiger partial charge in [0.15, 0.2) is 11.5 Å². The Morgan fingerprint density at radius 1 is 1.29 bits per heavy atom. The highest BCUT2D eigenvalue weighted by atomic mass is 16.3. The van der Waals surface area contributed by atoms with Gasteiger partial charge in [-0.25, -0.2) is 9.97 Å². The van der Waals surface area contributed by atoms with E-state index in [0.29, 0.717) is 5.89 Å².